The van der Waals surface area contributed by atoms with E-state index < -0.39 is 6.04 Å². The van der Waals surface area contributed by atoms with Crippen molar-refractivity contribution in [1.82, 2.24) is 4.90 Å². The van der Waals surface area contributed by atoms with Crippen LogP contribution < -0.4 is 10.1 Å². The summed E-state index contributed by atoms with van der Waals surface area (Å²) in [5, 5.41) is 2.89. The van der Waals surface area contributed by atoms with Crippen molar-refractivity contribution in [2.24, 2.45) is 0 Å². The fourth-order valence-electron chi connectivity index (χ4n) is 3.80. The van der Waals surface area contributed by atoms with Gasteiger partial charge in [-0.25, -0.2) is 4.39 Å². The van der Waals surface area contributed by atoms with Crippen LogP contribution in [0.4, 0.5) is 10.1 Å². The third kappa shape index (κ3) is 3.64. The molecule has 0 aliphatic carbocycles. The molecular formula is C24H21FN2O3. The summed E-state index contributed by atoms with van der Waals surface area (Å²) < 4.78 is 19.0. The minimum Gasteiger partial charge on any atom is -0.496 e. The van der Waals surface area contributed by atoms with Crippen molar-refractivity contribution in [2.45, 2.75) is 13.0 Å². The highest BCUT2D eigenvalue weighted by molar-refractivity contribution is 6.02. The molecule has 3 aromatic carbocycles. The molecule has 0 saturated carbocycles. The summed E-state index contributed by atoms with van der Waals surface area (Å²) in [6.45, 7) is 1.80. The Morgan fingerprint density at radius 1 is 1.10 bits per heavy atom. The number of amides is 2. The van der Waals surface area contributed by atoms with Crippen LogP contribution >= 0.6 is 0 Å². The van der Waals surface area contributed by atoms with E-state index in [1.165, 1.54) is 24.1 Å². The van der Waals surface area contributed by atoms with Gasteiger partial charge in [0.1, 0.15) is 18.1 Å². The van der Waals surface area contributed by atoms with Crippen LogP contribution in [0.3, 0.4) is 0 Å². The number of methoxy groups -OCH3 is 1. The van der Waals surface area contributed by atoms with E-state index in [0.29, 0.717) is 22.6 Å². The van der Waals surface area contributed by atoms with Gasteiger partial charge >= 0.3 is 0 Å². The van der Waals surface area contributed by atoms with Gasteiger partial charge in [0.2, 0.25) is 5.91 Å². The molecule has 0 saturated heterocycles. The van der Waals surface area contributed by atoms with Gasteiger partial charge in [-0.3, -0.25) is 9.59 Å². The standard InChI is InChI=1S/C24H21FN2O3/c1-15-7-12-20-19(13-15)23(16-8-10-17(25)11-9-16)27(14-22(28)26-20)24(29)18-5-3-4-6-21(18)30-2/h3-13,23H,14H2,1-2H3,(H,26,28)/t23-/m0/s1. The summed E-state index contributed by atoms with van der Waals surface area (Å²) in [5.74, 6) is -0.581. The highest BCUT2D eigenvalue weighted by Crippen LogP contribution is 2.38. The summed E-state index contributed by atoms with van der Waals surface area (Å²) >= 11 is 0. The molecule has 1 atom stereocenters. The molecule has 30 heavy (non-hydrogen) atoms. The van der Waals surface area contributed by atoms with Crippen molar-refractivity contribution in [3.05, 3.63) is 94.8 Å². The van der Waals surface area contributed by atoms with Gasteiger partial charge in [-0.2, -0.15) is 0 Å². The van der Waals surface area contributed by atoms with Crippen LogP contribution in [0.15, 0.2) is 66.7 Å². The zero-order valence-electron chi connectivity index (χ0n) is 16.7. The maximum absolute atomic E-state index is 13.6. The van der Waals surface area contributed by atoms with E-state index >= 15 is 0 Å². The number of benzene rings is 3. The molecule has 1 aliphatic heterocycles. The smallest absolute Gasteiger partial charge is 0.258 e. The third-order valence-electron chi connectivity index (χ3n) is 5.19. The summed E-state index contributed by atoms with van der Waals surface area (Å²) in [7, 11) is 1.50. The van der Waals surface area contributed by atoms with Gasteiger partial charge < -0.3 is 15.0 Å². The predicted molar refractivity (Wildman–Crippen MR) is 112 cm³/mol. The average Bonchev–Trinajstić information content (AvgIpc) is 2.89. The van der Waals surface area contributed by atoms with E-state index in [4.69, 9.17) is 4.74 Å². The first-order chi connectivity index (χ1) is 14.5. The molecule has 0 aromatic heterocycles. The highest BCUT2D eigenvalue weighted by Gasteiger charge is 2.35. The van der Waals surface area contributed by atoms with Crippen molar-refractivity contribution in [3.8, 4) is 5.75 Å². The van der Waals surface area contributed by atoms with Gasteiger partial charge in [-0.05, 0) is 42.8 Å². The zero-order valence-corrected chi connectivity index (χ0v) is 16.7. The van der Waals surface area contributed by atoms with E-state index in [1.54, 1.807) is 36.4 Å². The summed E-state index contributed by atoms with van der Waals surface area (Å²) in [6, 6.07) is 18.0. The molecular weight excluding hydrogens is 383 g/mol. The molecule has 0 fully saturated rings. The second-order valence-electron chi connectivity index (χ2n) is 7.23. The lowest BCUT2D eigenvalue weighted by Gasteiger charge is -2.31. The largest absolute Gasteiger partial charge is 0.496 e. The van der Waals surface area contributed by atoms with Crippen molar-refractivity contribution < 1.29 is 18.7 Å². The number of hydrogen-bond acceptors (Lipinski definition) is 3. The van der Waals surface area contributed by atoms with Crippen LogP contribution in [0.2, 0.25) is 0 Å². The molecule has 1 N–H and O–H groups in total. The maximum Gasteiger partial charge on any atom is 0.258 e. The molecule has 152 valence electrons. The van der Waals surface area contributed by atoms with Crippen molar-refractivity contribution in [3.63, 3.8) is 0 Å². The summed E-state index contributed by atoms with van der Waals surface area (Å²) in [4.78, 5) is 27.8. The molecule has 6 heteroatoms. The van der Waals surface area contributed by atoms with Crippen LogP contribution in [-0.2, 0) is 4.79 Å². The quantitative estimate of drug-likeness (QED) is 0.707. The molecule has 2 amide bonds. The monoisotopic (exact) mass is 404 g/mol. The first kappa shape index (κ1) is 19.6. The minimum atomic E-state index is -0.572. The van der Waals surface area contributed by atoms with Gasteiger partial charge in [0.25, 0.3) is 5.91 Å². The molecule has 0 unspecified atom stereocenters. The zero-order chi connectivity index (χ0) is 21.3. The number of nitrogens with one attached hydrogen (secondary N) is 1. The first-order valence-electron chi connectivity index (χ1n) is 9.58. The number of para-hydroxylation sites is 1. The Balaban J connectivity index is 1.91. The fraction of sp³-hybridized carbons (Fsp3) is 0.167. The molecule has 3 aromatic rings. The van der Waals surface area contributed by atoms with Crippen LogP contribution in [0.1, 0.15) is 33.1 Å². The summed E-state index contributed by atoms with van der Waals surface area (Å²) in [6.07, 6.45) is 0. The minimum absolute atomic E-state index is 0.146. The van der Waals surface area contributed by atoms with E-state index in [9.17, 15) is 14.0 Å². The van der Waals surface area contributed by atoms with Gasteiger partial charge in [0.15, 0.2) is 0 Å². The number of fused-ring (bicyclic) bond motifs is 1. The van der Waals surface area contributed by atoms with Crippen molar-refractivity contribution in [1.29, 1.82) is 0 Å². The lowest BCUT2D eigenvalue weighted by molar-refractivity contribution is -0.117. The fourth-order valence-corrected chi connectivity index (χ4v) is 3.80. The van der Waals surface area contributed by atoms with Gasteiger partial charge in [0.05, 0.1) is 18.7 Å². The molecule has 1 aliphatic rings. The van der Waals surface area contributed by atoms with Gasteiger partial charge in [0, 0.05) is 11.3 Å². The molecule has 0 spiro atoms. The van der Waals surface area contributed by atoms with Crippen LogP contribution in [0.25, 0.3) is 0 Å². The molecule has 5 nitrogen and oxygen atoms in total. The van der Waals surface area contributed by atoms with Gasteiger partial charge in [-0.1, -0.05) is 42.0 Å². The maximum atomic E-state index is 13.6. The molecule has 4 rings (SSSR count). The van der Waals surface area contributed by atoms with E-state index in [0.717, 1.165) is 11.1 Å². The Bertz CT molecular complexity index is 1110. The van der Waals surface area contributed by atoms with E-state index in [-0.39, 0.29) is 24.2 Å². The second-order valence-corrected chi connectivity index (χ2v) is 7.23. The van der Waals surface area contributed by atoms with Crippen LogP contribution in [-0.4, -0.2) is 30.4 Å². The predicted octanol–water partition coefficient (Wildman–Crippen LogP) is 4.33. The number of aryl methyl sites for hydroxylation is 1. The van der Waals surface area contributed by atoms with Crippen molar-refractivity contribution in [2.75, 3.05) is 19.0 Å². The number of halogens is 1. The molecule has 0 radical (unpaired) electrons. The normalized spacial score (nSPS) is 15.8. The number of ether oxygens (including phenoxy) is 1. The first-order valence-corrected chi connectivity index (χ1v) is 9.58. The topological polar surface area (TPSA) is 58.6 Å². The molecule has 1 heterocycles. The Morgan fingerprint density at radius 2 is 1.83 bits per heavy atom. The summed E-state index contributed by atoms with van der Waals surface area (Å²) in [5.41, 5.74) is 3.46. The van der Waals surface area contributed by atoms with E-state index in [1.807, 2.05) is 25.1 Å². The number of rotatable bonds is 3. The number of carbonyl (C=O) groups is 2. The Labute approximate surface area is 174 Å². The van der Waals surface area contributed by atoms with E-state index in [2.05, 4.69) is 5.32 Å². The lowest BCUT2D eigenvalue weighted by Crippen LogP contribution is -2.39. The van der Waals surface area contributed by atoms with Crippen LogP contribution in [0.5, 0.6) is 5.75 Å². The number of hydrogen-bond donors (Lipinski definition) is 1. The lowest BCUT2D eigenvalue weighted by atomic mass is 9.94. The Hall–Kier alpha value is -3.67. The Morgan fingerprint density at radius 3 is 2.57 bits per heavy atom. The van der Waals surface area contributed by atoms with Crippen molar-refractivity contribution >= 4 is 17.5 Å². The number of nitrogens with zero attached hydrogens (tertiary/aromatic N) is 1. The Kier molecular flexibility index (Phi) is 5.23. The SMILES string of the molecule is COc1ccccc1C(=O)N1CC(=O)Nc2ccc(C)cc2[C@@H]1c1ccc(F)cc1. The molecule has 0 bridgehead atoms. The average molecular weight is 404 g/mol. The number of carbonyl (C=O) groups excluding carboxylic acids is 2. The van der Waals surface area contributed by atoms with Crippen LogP contribution in [0, 0.1) is 12.7 Å². The highest BCUT2D eigenvalue weighted by atomic mass is 19.1. The number of anilines is 1. The third-order valence-corrected chi connectivity index (χ3v) is 5.19. The van der Waals surface area contributed by atoms with Gasteiger partial charge in [-0.15, -0.1) is 0 Å². The second kappa shape index (κ2) is 7.99.